The van der Waals surface area contributed by atoms with Crippen LogP contribution in [0.25, 0.3) is 0 Å². The van der Waals surface area contributed by atoms with Crippen LogP contribution in [-0.2, 0) is 0 Å². The van der Waals surface area contributed by atoms with Gasteiger partial charge in [-0.1, -0.05) is 18.3 Å². The molecular formula is C12H17N3S2. The molecule has 1 aromatic rings. The summed E-state index contributed by atoms with van der Waals surface area (Å²) in [5.41, 5.74) is 6.32. The second-order valence-electron chi connectivity index (χ2n) is 4.17. The van der Waals surface area contributed by atoms with Gasteiger partial charge >= 0.3 is 0 Å². The third kappa shape index (κ3) is 3.10. The van der Waals surface area contributed by atoms with Crippen molar-refractivity contribution in [1.29, 1.82) is 0 Å². The fraction of sp³-hybridized carbons (Fsp3) is 0.500. The largest absolute Gasteiger partial charge is 0.388 e. The molecule has 1 fully saturated rings. The van der Waals surface area contributed by atoms with Crippen LogP contribution in [0.4, 0.5) is 5.82 Å². The number of thiocarbonyl (C=S) groups is 1. The van der Waals surface area contributed by atoms with Crippen molar-refractivity contribution in [3.8, 4) is 0 Å². The molecule has 1 aromatic heterocycles. The van der Waals surface area contributed by atoms with Gasteiger partial charge in [0.15, 0.2) is 0 Å². The van der Waals surface area contributed by atoms with Crippen molar-refractivity contribution in [1.82, 2.24) is 4.98 Å². The van der Waals surface area contributed by atoms with E-state index in [9.17, 15) is 0 Å². The number of nitrogens with zero attached hydrogens (tertiary/aromatic N) is 2. The molecule has 1 aliphatic heterocycles. The molecule has 1 aliphatic rings. The van der Waals surface area contributed by atoms with E-state index in [4.69, 9.17) is 18.0 Å². The summed E-state index contributed by atoms with van der Waals surface area (Å²) in [6, 6.07) is 5.86. The number of hydrogen-bond acceptors (Lipinski definition) is 4. The van der Waals surface area contributed by atoms with Crippen molar-refractivity contribution >= 4 is 34.8 Å². The average Bonchev–Trinajstić information content (AvgIpc) is 2.39. The molecular weight excluding hydrogens is 250 g/mol. The fourth-order valence-corrected chi connectivity index (χ4v) is 2.85. The van der Waals surface area contributed by atoms with Crippen molar-refractivity contribution in [2.24, 2.45) is 5.73 Å². The minimum Gasteiger partial charge on any atom is -0.388 e. The summed E-state index contributed by atoms with van der Waals surface area (Å²) in [5.74, 6) is 0.995. The molecule has 5 heteroatoms. The second kappa shape index (κ2) is 5.69. The highest BCUT2D eigenvalue weighted by molar-refractivity contribution is 7.99. The van der Waals surface area contributed by atoms with Crippen LogP contribution < -0.4 is 10.6 Å². The van der Waals surface area contributed by atoms with Crippen molar-refractivity contribution in [3.05, 3.63) is 23.9 Å². The Kier molecular flexibility index (Phi) is 4.23. The molecule has 0 bridgehead atoms. The quantitative estimate of drug-likeness (QED) is 0.849. The first kappa shape index (κ1) is 12.6. The first-order valence-electron chi connectivity index (χ1n) is 5.75. The standard InChI is InChI=1S/C12H17N3S2/c1-17-9-5-7-15(8-6-9)11-4-2-3-10(14-11)12(13)16/h2-4,9H,5-8H2,1H3,(H2,13,16). The Morgan fingerprint density at radius 2 is 2.18 bits per heavy atom. The highest BCUT2D eigenvalue weighted by Crippen LogP contribution is 2.24. The molecule has 0 aliphatic carbocycles. The Balaban J connectivity index is 2.08. The van der Waals surface area contributed by atoms with E-state index in [1.807, 2.05) is 30.0 Å². The molecule has 92 valence electrons. The molecule has 0 amide bonds. The SMILES string of the molecule is CSC1CCN(c2cccc(C(N)=S)n2)CC1. The number of nitrogens with two attached hydrogens (primary N) is 1. The van der Waals surface area contributed by atoms with Crippen LogP contribution in [0, 0.1) is 0 Å². The lowest BCUT2D eigenvalue weighted by Crippen LogP contribution is -2.35. The number of pyridine rings is 1. The number of hydrogen-bond donors (Lipinski definition) is 1. The number of thioether (sulfide) groups is 1. The normalized spacial score (nSPS) is 17.1. The number of anilines is 1. The van der Waals surface area contributed by atoms with Crippen molar-refractivity contribution in [3.63, 3.8) is 0 Å². The summed E-state index contributed by atoms with van der Waals surface area (Å²) in [6.07, 6.45) is 4.63. The van der Waals surface area contributed by atoms with E-state index in [0.29, 0.717) is 10.7 Å². The van der Waals surface area contributed by atoms with E-state index in [1.54, 1.807) is 0 Å². The van der Waals surface area contributed by atoms with E-state index >= 15 is 0 Å². The molecule has 2 rings (SSSR count). The molecule has 0 unspecified atom stereocenters. The Bertz CT molecular complexity index is 400. The van der Waals surface area contributed by atoms with Crippen molar-refractivity contribution in [2.75, 3.05) is 24.2 Å². The van der Waals surface area contributed by atoms with E-state index in [1.165, 1.54) is 12.8 Å². The zero-order valence-electron chi connectivity index (χ0n) is 9.93. The lowest BCUT2D eigenvalue weighted by Gasteiger charge is -2.32. The van der Waals surface area contributed by atoms with Gasteiger partial charge in [0, 0.05) is 18.3 Å². The van der Waals surface area contributed by atoms with Crippen LogP contribution in [0.15, 0.2) is 18.2 Å². The maximum atomic E-state index is 5.60. The predicted octanol–water partition coefficient (Wildman–Crippen LogP) is 2.05. The van der Waals surface area contributed by atoms with E-state index in [0.717, 1.165) is 24.2 Å². The van der Waals surface area contributed by atoms with Gasteiger partial charge in [0.1, 0.15) is 10.8 Å². The zero-order valence-corrected chi connectivity index (χ0v) is 11.6. The van der Waals surface area contributed by atoms with Crippen LogP contribution >= 0.6 is 24.0 Å². The van der Waals surface area contributed by atoms with Crippen molar-refractivity contribution < 1.29 is 0 Å². The monoisotopic (exact) mass is 267 g/mol. The summed E-state index contributed by atoms with van der Waals surface area (Å²) in [6.45, 7) is 2.14. The first-order chi connectivity index (χ1) is 8.20. The van der Waals surface area contributed by atoms with Crippen LogP contribution in [-0.4, -0.2) is 34.6 Å². The minimum absolute atomic E-state index is 0.367. The van der Waals surface area contributed by atoms with E-state index in [-0.39, 0.29) is 0 Å². The topological polar surface area (TPSA) is 42.1 Å². The Labute approximate surface area is 112 Å². The van der Waals surface area contributed by atoms with Crippen LogP contribution in [0.5, 0.6) is 0 Å². The lowest BCUT2D eigenvalue weighted by molar-refractivity contribution is 0.587. The molecule has 1 saturated heterocycles. The molecule has 2 N–H and O–H groups in total. The van der Waals surface area contributed by atoms with Gasteiger partial charge < -0.3 is 10.6 Å². The third-order valence-corrected chi connectivity index (χ3v) is 4.43. The molecule has 17 heavy (non-hydrogen) atoms. The summed E-state index contributed by atoms with van der Waals surface area (Å²) in [4.78, 5) is 7.18. The predicted molar refractivity (Wildman–Crippen MR) is 78.9 cm³/mol. The van der Waals surface area contributed by atoms with Crippen LogP contribution in [0.3, 0.4) is 0 Å². The van der Waals surface area contributed by atoms with Gasteiger partial charge in [-0.15, -0.1) is 0 Å². The Morgan fingerprint density at radius 3 is 2.76 bits per heavy atom. The van der Waals surface area contributed by atoms with Gasteiger partial charge in [-0.3, -0.25) is 0 Å². The molecule has 3 nitrogen and oxygen atoms in total. The smallest absolute Gasteiger partial charge is 0.129 e. The summed E-state index contributed by atoms with van der Waals surface area (Å²) in [5, 5.41) is 0.796. The van der Waals surface area contributed by atoms with Gasteiger partial charge in [-0.05, 0) is 31.2 Å². The van der Waals surface area contributed by atoms with Gasteiger partial charge in [0.05, 0.1) is 5.69 Å². The Morgan fingerprint density at radius 1 is 1.47 bits per heavy atom. The highest BCUT2D eigenvalue weighted by atomic mass is 32.2. The lowest BCUT2D eigenvalue weighted by atomic mass is 10.1. The number of piperidine rings is 1. The first-order valence-corrected chi connectivity index (χ1v) is 7.45. The molecule has 0 spiro atoms. The van der Waals surface area contributed by atoms with Crippen LogP contribution in [0.2, 0.25) is 0 Å². The summed E-state index contributed by atoms with van der Waals surface area (Å²) >= 11 is 6.92. The number of aromatic nitrogens is 1. The van der Waals surface area contributed by atoms with E-state index in [2.05, 4.69) is 16.1 Å². The van der Waals surface area contributed by atoms with Gasteiger partial charge in [0.2, 0.25) is 0 Å². The number of rotatable bonds is 3. The van der Waals surface area contributed by atoms with Crippen LogP contribution in [0.1, 0.15) is 18.5 Å². The summed E-state index contributed by atoms with van der Waals surface area (Å²) < 4.78 is 0. The molecule has 2 heterocycles. The fourth-order valence-electron chi connectivity index (χ4n) is 2.06. The van der Waals surface area contributed by atoms with Crippen molar-refractivity contribution in [2.45, 2.75) is 18.1 Å². The zero-order chi connectivity index (χ0) is 12.3. The van der Waals surface area contributed by atoms with Gasteiger partial charge in [0.25, 0.3) is 0 Å². The highest BCUT2D eigenvalue weighted by Gasteiger charge is 2.19. The summed E-state index contributed by atoms with van der Waals surface area (Å²) in [7, 11) is 0. The maximum absolute atomic E-state index is 5.60. The molecule has 0 atom stereocenters. The maximum Gasteiger partial charge on any atom is 0.129 e. The molecule has 0 radical (unpaired) electrons. The third-order valence-electron chi connectivity index (χ3n) is 3.09. The average molecular weight is 267 g/mol. The van der Waals surface area contributed by atoms with Gasteiger partial charge in [-0.25, -0.2) is 4.98 Å². The Hall–Kier alpha value is -0.810. The second-order valence-corrected chi connectivity index (χ2v) is 5.75. The molecule has 0 aromatic carbocycles. The molecule has 0 saturated carbocycles. The van der Waals surface area contributed by atoms with E-state index < -0.39 is 0 Å². The van der Waals surface area contributed by atoms with Gasteiger partial charge in [-0.2, -0.15) is 11.8 Å². The minimum atomic E-state index is 0.367.